The molecule has 3 aromatic carbocycles. The van der Waals surface area contributed by atoms with Crippen LogP contribution in [0.15, 0.2) is 91.0 Å². The minimum absolute atomic E-state index is 0.296. The van der Waals surface area contributed by atoms with Crippen molar-refractivity contribution in [2.45, 2.75) is 17.6 Å². The van der Waals surface area contributed by atoms with E-state index in [2.05, 4.69) is 0 Å². The molecule has 2 atom stereocenters. The second kappa shape index (κ2) is 7.62. The second-order valence-corrected chi connectivity index (χ2v) is 6.20. The molecule has 3 aromatic rings. The summed E-state index contributed by atoms with van der Waals surface area (Å²) < 4.78 is 0. The second-order valence-electron chi connectivity index (χ2n) is 6.20. The van der Waals surface area contributed by atoms with Crippen molar-refractivity contribution in [3.05, 3.63) is 108 Å². The molecule has 0 aliphatic carbocycles. The molecule has 3 nitrogen and oxygen atoms in total. The van der Waals surface area contributed by atoms with Crippen LogP contribution < -0.4 is 5.73 Å². The number of rotatable bonds is 6. The number of hydrogen-bond acceptors (Lipinski definition) is 3. The molecule has 0 aliphatic heterocycles. The van der Waals surface area contributed by atoms with Crippen LogP contribution in [0.3, 0.4) is 0 Å². The Hall–Kier alpha value is -2.46. The Morgan fingerprint density at radius 2 is 1.00 bits per heavy atom. The van der Waals surface area contributed by atoms with Crippen LogP contribution in [0, 0.1) is 0 Å². The highest BCUT2D eigenvalue weighted by atomic mass is 16.3. The fourth-order valence-corrected chi connectivity index (χ4v) is 3.54. The summed E-state index contributed by atoms with van der Waals surface area (Å²) in [5.74, 6) is 0. The van der Waals surface area contributed by atoms with Crippen LogP contribution in [0.1, 0.15) is 16.7 Å². The normalized spacial score (nSPS) is 14.0. The van der Waals surface area contributed by atoms with Gasteiger partial charge in [-0.05, 0) is 16.7 Å². The Labute approximate surface area is 148 Å². The van der Waals surface area contributed by atoms with Gasteiger partial charge in [0.15, 0.2) is 0 Å². The molecule has 25 heavy (non-hydrogen) atoms. The van der Waals surface area contributed by atoms with E-state index in [0.29, 0.717) is 0 Å². The van der Waals surface area contributed by atoms with Crippen molar-refractivity contribution in [3.8, 4) is 0 Å². The van der Waals surface area contributed by atoms with E-state index in [1.807, 2.05) is 91.0 Å². The SMILES string of the molecule is N[C@@H](CO)C(O)C(c1ccccc1)(c1ccccc1)c1ccccc1. The summed E-state index contributed by atoms with van der Waals surface area (Å²) in [6.07, 6.45) is -0.996. The Kier molecular flexibility index (Phi) is 5.29. The zero-order valence-electron chi connectivity index (χ0n) is 14.0. The van der Waals surface area contributed by atoms with Gasteiger partial charge in [0, 0.05) is 0 Å². The maximum absolute atomic E-state index is 11.3. The molecule has 1 unspecified atom stereocenters. The molecule has 0 saturated heterocycles. The topological polar surface area (TPSA) is 66.5 Å². The van der Waals surface area contributed by atoms with Gasteiger partial charge in [0.2, 0.25) is 0 Å². The molecule has 0 heterocycles. The highest BCUT2D eigenvalue weighted by molar-refractivity contribution is 5.52. The van der Waals surface area contributed by atoms with Crippen molar-refractivity contribution in [1.82, 2.24) is 0 Å². The molecule has 3 rings (SSSR count). The van der Waals surface area contributed by atoms with E-state index < -0.39 is 17.6 Å². The molecule has 3 heteroatoms. The maximum Gasteiger partial charge on any atom is 0.0891 e. The minimum atomic E-state index is -0.996. The first kappa shape index (κ1) is 17.4. The monoisotopic (exact) mass is 333 g/mol. The van der Waals surface area contributed by atoms with Crippen molar-refractivity contribution in [1.29, 1.82) is 0 Å². The van der Waals surface area contributed by atoms with Crippen LogP contribution in [0.4, 0.5) is 0 Å². The van der Waals surface area contributed by atoms with E-state index in [0.717, 1.165) is 16.7 Å². The largest absolute Gasteiger partial charge is 0.395 e. The first-order chi connectivity index (χ1) is 12.2. The lowest BCUT2D eigenvalue weighted by Crippen LogP contribution is -2.53. The average Bonchev–Trinajstić information content (AvgIpc) is 2.70. The Morgan fingerprint density at radius 1 is 0.680 bits per heavy atom. The van der Waals surface area contributed by atoms with Crippen LogP contribution in [-0.4, -0.2) is 29.0 Å². The number of hydrogen-bond donors (Lipinski definition) is 3. The van der Waals surface area contributed by atoms with Gasteiger partial charge in [0.05, 0.1) is 24.2 Å². The van der Waals surface area contributed by atoms with E-state index in [-0.39, 0.29) is 6.61 Å². The van der Waals surface area contributed by atoms with E-state index in [1.165, 1.54) is 0 Å². The molecule has 0 amide bonds. The smallest absolute Gasteiger partial charge is 0.0891 e. The number of aliphatic hydroxyl groups is 2. The lowest BCUT2D eigenvalue weighted by Gasteiger charge is -2.42. The average molecular weight is 333 g/mol. The molecule has 0 aromatic heterocycles. The summed E-state index contributed by atoms with van der Waals surface area (Å²) in [6, 6.07) is 28.7. The fourth-order valence-electron chi connectivity index (χ4n) is 3.54. The van der Waals surface area contributed by atoms with Gasteiger partial charge in [-0.2, -0.15) is 0 Å². The molecule has 0 radical (unpaired) electrons. The van der Waals surface area contributed by atoms with Crippen LogP contribution in [0.5, 0.6) is 0 Å². The highest BCUT2D eigenvalue weighted by Crippen LogP contribution is 2.42. The summed E-state index contributed by atoms with van der Waals surface area (Å²) in [6.45, 7) is -0.296. The van der Waals surface area contributed by atoms with Crippen LogP contribution in [0.25, 0.3) is 0 Å². The first-order valence-corrected chi connectivity index (χ1v) is 8.42. The van der Waals surface area contributed by atoms with E-state index in [4.69, 9.17) is 5.73 Å². The van der Waals surface area contributed by atoms with Gasteiger partial charge >= 0.3 is 0 Å². The molecule has 0 bridgehead atoms. The summed E-state index contributed by atoms with van der Waals surface area (Å²) in [5.41, 5.74) is 8.05. The van der Waals surface area contributed by atoms with E-state index in [1.54, 1.807) is 0 Å². The first-order valence-electron chi connectivity index (χ1n) is 8.42. The molecule has 128 valence electrons. The molecule has 0 fully saturated rings. The molecule has 4 N–H and O–H groups in total. The van der Waals surface area contributed by atoms with Crippen molar-refractivity contribution in [2.75, 3.05) is 6.61 Å². The minimum Gasteiger partial charge on any atom is -0.395 e. The maximum atomic E-state index is 11.3. The predicted molar refractivity (Wildman–Crippen MR) is 100 cm³/mol. The Balaban J connectivity index is 2.36. The van der Waals surface area contributed by atoms with Crippen LogP contribution in [-0.2, 0) is 5.41 Å². The zero-order chi connectivity index (χ0) is 17.7. The van der Waals surface area contributed by atoms with Crippen molar-refractivity contribution >= 4 is 0 Å². The Bertz CT molecular complexity index is 678. The van der Waals surface area contributed by atoms with Gasteiger partial charge in [0.1, 0.15) is 0 Å². The highest BCUT2D eigenvalue weighted by Gasteiger charge is 2.45. The van der Waals surface area contributed by atoms with Gasteiger partial charge in [-0.25, -0.2) is 0 Å². The summed E-state index contributed by atoms with van der Waals surface area (Å²) in [5, 5.41) is 20.9. The number of benzene rings is 3. The molecular weight excluding hydrogens is 310 g/mol. The third kappa shape index (κ3) is 3.10. The molecule has 0 saturated carbocycles. The Morgan fingerprint density at radius 3 is 1.28 bits per heavy atom. The summed E-state index contributed by atoms with van der Waals surface area (Å²) in [4.78, 5) is 0. The summed E-state index contributed by atoms with van der Waals surface area (Å²) in [7, 11) is 0. The van der Waals surface area contributed by atoms with Crippen molar-refractivity contribution in [3.63, 3.8) is 0 Å². The fraction of sp³-hybridized carbons (Fsp3) is 0.182. The van der Waals surface area contributed by atoms with Gasteiger partial charge in [0.25, 0.3) is 0 Å². The van der Waals surface area contributed by atoms with E-state index in [9.17, 15) is 10.2 Å². The quantitative estimate of drug-likeness (QED) is 0.608. The van der Waals surface area contributed by atoms with Crippen molar-refractivity contribution in [2.24, 2.45) is 5.73 Å². The van der Waals surface area contributed by atoms with Gasteiger partial charge in [-0.3, -0.25) is 0 Å². The lowest BCUT2D eigenvalue weighted by molar-refractivity contribution is 0.0687. The number of aliphatic hydroxyl groups excluding tert-OH is 2. The lowest BCUT2D eigenvalue weighted by atomic mass is 9.64. The van der Waals surface area contributed by atoms with Gasteiger partial charge in [-0.1, -0.05) is 91.0 Å². The molecular formula is C22H23NO2. The molecule has 0 spiro atoms. The van der Waals surface area contributed by atoms with E-state index >= 15 is 0 Å². The standard InChI is InChI=1S/C22H23NO2/c23-20(16-24)21(25)22(17-10-4-1-5-11-17,18-12-6-2-7-13-18)19-14-8-3-9-15-19/h1-15,20-21,24-25H,16,23H2/t20-,21?/m0/s1. The van der Waals surface area contributed by atoms with Crippen LogP contribution >= 0.6 is 0 Å². The van der Waals surface area contributed by atoms with Gasteiger partial charge < -0.3 is 15.9 Å². The molecule has 0 aliphatic rings. The zero-order valence-corrected chi connectivity index (χ0v) is 14.0. The number of nitrogens with two attached hydrogens (primary N) is 1. The predicted octanol–water partition coefficient (Wildman–Crippen LogP) is 2.70. The van der Waals surface area contributed by atoms with Crippen molar-refractivity contribution < 1.29 is 10.2 Å². The third-order valence-electron chi connectivity index (χ3n) is 4.75. The van der Waals surface area contributed by atoms with Gasteiger partial charge in [-0.15, -0.1) is 0 Å². The summed E-state index contributed by atoms with van der Waals surface area (Å²) >= 11 is 0. The van der Waals surface area contributed by atoms with Crippen LogP contribution in [0.2, 0.25) is 0 Å². The third-order valence-corrected chi connectivity index (χ3v) is 4.75.